The van der Waals surface area contributed by atoms with E-state index < -0.39 is 6.10 Å². The number of rotatable bonds is 5. The Morgan fingerprint density at radius 1 is 0.967 bits per heavy atom. The lowest BCUT2D eigenvalue weighted by Crippen LogP contribution is -2.45. The maximum atomic E-state index is 12.5. The zero-order chi connectivity index (χ0) is 21.3. The summed E-state index contributed by atoms with van der Waals surface area (Å²) in [6.45, 7) is 2.61. The van der Waals surface area contributed by atoms with Gasteiger partial charge in [0.25, 0.3) is 5.91 Å². The summed E-state index contributed by atoms with van der Waals surface area (Å²) in [4.78, 5) is 39.0. The molecule has 0 bridgehead atoms. The molecule has 1 heterocycles. The Morgan fingerprint density at radius 3 is 2.23 bits per heavy atom. The average Bonchev–Trinajstić information content (AvgIpc) is 3.03. The molecule has 0 unspecified atom stereocenters. The van der Waals surface area contributed by atoms with Crippen LogP contribution in [0.15, 0.2) is 30.3 Å². The smallest absolute Gasteiger partial charge is 0.321 e. The van der Waals surface area contributed by atoms with Crippen LogP contribution < -0.4 is 10.6 Å². The third kappa shape index (κ3) is 6.47. The zero-order valence-corrected chi connectivity index (χ0v) is 17.8. The number of piperidine rings is 1. The molecule has 1 saturated carbocycles. The molecule has 1 aromatic carbocycles. The van der Waals surface area contributed by atoms with Gasteiger partial charge in [-0.2, -0.15) is 0 Å². The average molecular weight is 416 g/mol. The fourth-order valence-corrected chi connectivity index (χ4v) is 4.11. The van der Waals surface area contributed by atoms with Crippen molar-refractivity contribution >= 4 is 23.6 Å². The molecular formula is C23H33N3O4. The number of nitrogens with one attached hydrogen (secondary N) is 2. The van der Waals surface area contributed by atoms with Gasteiger partial charge in [-0.1, -0.05) is 43.9 Å². The molecule has 3 rings (SSSR count). The molecule has 7 nitrogen and oxygen atoms in total. The van der Waals surface area contributed by atoms with E-state index in [1.807, 2.05) is 30.3 Å². The Hall–Kier alpha value is -2.57. The van der Waals surface area contributed by atoms with Crippen molar-refractivity contribution in [2.24, 2.45) is 5.92 Å². The quantitative estimate of drug-likeness (QED) is 0.567. The molecule has 2 aliphatic rings. The maximum absolute atomic E-state index is 12.5. The van der Waals surface area contributed by atoms with Crippen LogP contribution in [-0.4, -0.2) is 48.0 Å². The summed E-state index contributed by atoms with van der Waals surface area (Å²) >= 11 is 0. The fourth-order valence-electron chi connectivity index (χ4n) is 4.11. The van der Waals surface area contributed by atoms with Crippen LogP contribution in [0.2, 0.25) is 0 Å². The number of anilines is 1. The van der Waals surface area contributed by atoms with Gasteiger partial charge in [-0.15, -0.1) is 0 Å². The maximum Gasteiger partial charge on any atom is 0.321 e. The number of likely N-dealkylation sites (tertiary alicyclic amines) is 1. The summed E-state index contributed by atoms with van der Waals surface area (Å²) in [5.41, 5.74) is 0.748. The highest BCUT2D eigenvalue weighted by atomic mass is 16.5. The third-order valence-electron chi connectivity index (χ3n) is 6.00. The fraction of sp³-hybridized carbons (Fsp3) is 0.609. The molecule has 30 heavy (non-hydrogen) atoms. The van der Waals surface area contributed by atoms with Gasteiger partial charge in [-0.05, 0) is 44.7 Å². The summed E-state index contributed by atoms with van der Waals surface area (Å²) in [6.07, 6.45) is 6.99. The van der Waals surface area contributed by atoms with Gasteiger partial charge in [0, 0.05) is 24.8 Å². The van der Waals surface area contributed by atoms with Crippen molar-refractivity contribution in [2.45, 2.75) is 70.4 Å². The van der Waals surface area contributed by atoms with Crippen LogP contribution in [0.25, 0.3) is 0 Å². The van der Waals surface area contributed by atoms with Gasteiger partial charge in [0.15, 0.2) is 6.10 Å². The molecule has 0 spiro atoms. The molecule has 1 saturated heterocycles. The van der Waals surface area contributed by atoms with Crippen molar-refractivity contribution in [3.63, 3.8) is 0 Å². The normalized spacial score (nSPS) is 19.4. The molecule has 0 aromatic heterocycles. The molecule has 1 aromatic rings. The second-order valence-electron chi connectivity index (χ2n) is 8.33. The van der Waals surface area contributed by atoms with E-state index >= 15 is 0 Å². The van der Waals surface area contributed by atoms with Gasteiger partial charge in [-0.25, -0.2) is 4.79 Å². The van der Waals surface area contributed by atoms with E-state index in [1.54, 1.807) is 11.8 Å². The standard InChI is InChI=1S/C23H33N3O4/c1-17(21(27)24-19-9-5-2-3-6-10-19)30-22(28)18-13-15-26(16-14-18)23(29)25-20-11-7-4-8-12-20/h4,7-8,11-12,17-19H,2-3,5-6,9-10,13-16H2,1H3,(H,24,27)(H,25,29)/t17-/m0/s1. The van der Waals surface area contributed by atoms with Crippen molar-refractivity contribution in [1.29, 1.82) is 0 Å². The SMILES string of the molecule is C[C@H](OC(=O)C1CCN(C(=O)Nc2ccccc2)CC1)C(=O)NC1CCCCCC1. The van der Waals surface area contributed by atoms with E-state index in [4.69, 9.17) is 4.74 Å². The van der Waals surface area contributed by atoms with E-state index in [1.165, 1.54) is 12.8 Å². The van der Waals surface area contributed by atoms with Crippen molar-refractivity contribution in [3.05, 3.63) is 30.3 Å². The molecule has 0 radical (unpaired) electrons. The highest BCUT2D eigenvalue weighted by molar-refractivity contribution is 5.89. The van der Waals surface area contributed by atoms with Crippen LogP contribution in [0.5, 0.6) is 0 Å². The molecular weight excluding hydrogens is 382 g/mol. The van der Waals surface area contributed by atoms with Crippen molar-refractivity contribution < 1.29 is 19.1 Å². The number of hydrogen-bond donors (Lipinski definition) is 2. The number of hydrogen-bond acceptors (Lipinski definition) is 4. The molecule has 1 atom stereocenters. The lowest BCUT2D eigenvalue weighted by atomic mass is 9.97. The van der Waals surface area contributed by atoms with Crippen LogP contribution >= 0.6 is 0 Å². The van der Waals surface area contributed by atoms with Gasteiger partial charge < -0.3 is 20.3 Å². The zero-order valence-electron chi connectivity index (χ0n) is 17.8. The van der Waals surface area contributed by atoms with E-state index in [0.717, 1.165) is 31.4 Å². The van der Waals surface area contributed by atoms with E-state index in [-0.39, 0.29) is 29.9 Å². The molecule has 1 aliphatic carbocycles. The van der Waals surface area contributed by atoms with Crippen molar-refractivity contribution in [1.82, 2.24) is 10.2 Å². The minimum Gasteiger partial charge on any atom is -0.452 e. The minimum absolute atomic E-state index is 0.163. The minimum atomic E-state index is -0.792. The highest BCUT2D eigenvalue weighted by Gasteiger charge is 2.31. The number of nitrogens with zero attached hydrogens (tertiary/aromatic N) is 1. The Kier molecular flexibility index (Phi) is 8.11. The number of carbonyl (C=O) groups is 3. The number of esters is 1. The summed E-state index contributed by atoms with van der Waals surface area (Å²) in [6, 6.07) is 9.32. The highest BCUT2D eigenvalue weighted by Crippen LogP contribution is 2.21. The van der Waals surface area contributed by atoms with Crippen LogP contribution in [0, 0.1) is 5.92 Å². The molecule has 164 valence electrons. The van der Waals surface area contributed by atoms with Crippen molar-refractivity contribution in [2.75, 3.05) is 18.4 Å². The summed E-state index contributed by atoms with van der Waals surface area (Å²) in [5, 5.41) is 5.90. The number of urea groups is 1. The van der Waals surface area contributed by atoms with Crippen molar-refractivity contribution in [3.8, 4) is 0 Å². The topological polar surface area (TPSA) is 87.7 Å². The predicted molar refractivity (Wildman–Crippen MR) is 115 cm³/mol. The van der Waals surface area contributed by atoms with Crippen LogP contribution in [0.1, 0.15) is 58.3 Å². The van der Waals surface area contributed by atoms with Gasteiger partial charge in [-0.3, -0.25) is 9.59 Å². The monoisotopic (exact) mass is 415 g/mol. The van der Waals surface area contributed by atoms with E-state index in [2.05, 4.69) is 10.6 Å². The first-order valence-electron chi connectivity index (χ1n) is 11.1. The largest absolute Gasteiger partial charge is 0.452 e. The molecule has 7 heteroatoms. The Balaban J connectivity index is 1.40. The van der Waals surface area contributed by atoms with E-state index in [9.17, 15) is 14.4 Å². The van der Waals surface area contributed by atoms with Crippen LogP contribution in [0.4, 0.5) is 10.5 Å². The number of ether oxygens (including phenoxy) is 1. The van der Waals surface area contributed by atoms with Gasteiger partial charge in [0.05, 0.1) is 5.92 Å². The predicted octanol–water partition coefficient (Wildman–Crippen LogP) is 3.70. The van der Waals surface area contributed by atoms with Gasteiger partial charge in [0.1, 0.15) is 0 Å². The van der Waals surface area contributed by atoms with E-state index in [0.29, 0.717) is 25.9 Å². The second-order valence-corrected chi connectivity index (χ2v) is 8.33. The van der Waals surface area contributed by atoms with Crippen LogP contribution in [0.3, 0.4) is 0 Å². The summed E-state index contributed by atoms with van der Waals surface area (Å²) in [7, 11) is 0. The lowest BCUT2D eigenvalue weighted by Gasteiger charge is -2.31. The Morgan fingerprint density at radius 2 is 1.60 bits per heavy atom. The Bertz CT molecular complexity index is 708. The first-order valence-corrected chi connectivity index (χ1v) is 11.1. The first-order chi connectivity index (χ1) is 14.5. The molecule has 2 fully saturated rings. The Labute approximate surface area is 178 Å². The van der Waals surface area contributed by atoms with Crippen LogP contribution in [-0.2, 0) is 14.3 Å². The second kappa shape index (κ2) is 11.0. The number of para-hydroxylation sites is 1. The van der Waals surface area contributed by atoms with Gasteiger partial charge in [0.2, 0.25) is 0 Å². The summed E-state index contributed by atoms with van der Waals surface area (Å²) in [5.74, 6) is -0.838. The molecule has 1 aliphatic heterocycles. The molecule has 2 N–H and O–H groups in total. The number of carbonyl (C=O) groups excluding carboxylic acids is 3. The third-order valence-corrected chi connectivity index (χ3v) is 6.00. The lowest BCUT2D eigenvalue weighted by molar-refractivity contribution is -0.160. The number of benzene rings is 1. The first kappa shape index (κ1) is 22.1. The van der Waals surface area contributed by atoms with Gasteiger partial charge >= 0.3 is 12.0 Å². The number of amides is 3. The summed E-state index contributed by atoms with van der Waals surface area (Å²) < 4.78 is 5.45. The molecule has 3 amide bonds.